The number of rotatable bonds is 5. The van der Waals surface area contributed by atoms with Crippen molar-refractivity contribution in [3.05, 3.63) is 81.2 Å². The molecule has 3 rings (SSSR count). The van der Waals surface area contributed by atoms with Gasteiger partial charge in [-0.1, -0.05) is 17.8 Å². The molecule has 0 aliphatic carbocycles. The lowest BCUT2D eigenvalue weighted by molar-refractivity contribution is 0.0718. The first-order chi connectivity index (χ1) is 13.3. The second-order valence-electron chi connectivity index (χ2n) is 5.78. The van der Waals surface area contributed by atoms with Crippen LogP contribution in [0.25, 0.3) is 0 Å². The Morgan fingerprint density at radius 2 is 1.79 bits per heavy atom. The van der Waals surface area contributed by atoms with E-state index < -0.39 is 34.3 Å². The van der Waals surface area contributed by atoms with E-state index >= 15 is 0 Å². The number of carbonyl (C=O) groups excluding carboxylic acids is 1. The Morgan fingerprint density at radius 3 is 2.39 bits per heavy atom. The Kier molecular flexibility index (Phi) is 5.84. The second-order valence-corrected chi connectivity index (χ2v) is 6.73. The van der Waals surface area contributed by atoms with Crippen LogP contribution in [0.1, 0.15) is 27.5 Å². The molecule has 2 heterocycles. The second kappa shape index (κ2) is 8.30. The average molecular weight is 404 g/mol. The number of ether oxygens (including phenoxy) is 1. The van der Waals surface area contributed by atoms with Crippen LogP contribution in [0.5, 0.6) is 5.75 Å². The lowest BCUT2D eigenvalue weighted by Crippen LogP contribution is -2.17. The Hall–Kier alpha value is -3.07. The Bertz CT molecular complexity index is 1060. The zero-order valence-corrected chi connectivity index (χ0v) is 15.7. The molecule has 0 atom stereocenters. The molecular formula is C19H14F2N2O4S. The quantitative estimate of drug-likeness (QED) is 0.363. The molecular weight excluding hydrogens is 390 g/mol. The summed E-state index contributed by atoms with van der Waals surface area (Å²) >= 11 is 1.27. The highest BCUT2D eigenvalue weighted by Crippen LogP contribution is 2.21. The normalized spacial score (nSPS) is 10.7. The predicted molar refractivity (Wildman–Crippen MR) is 97.4 cm³/mol. The SMILES string of the molecule is Cc1cc(C)nc(SCc2cc(=O)c(OC(=O)c3c(F)cccc3F)co2)n1. The standard InChI is InChI=1S/C19H14F2N2O4S/c1-10-6-11(2)23-19(22-10)28-9-12-7-15(24)16(8-26-12)27-18(25)17-13(20)4-3-5-14(17)21/h3-8H,9H2,1-2H3. The minimum absolute atomic E-state index is 0.272. The fraction of sp³-hybridized carbons (Fsp3) is 0.158. The number of thioether (sulfide) groups is 1. The number of aromatic nitrogens is 2. The molecule has 0 amide bonds. The molecule has 0 spiro atoms. The van der Waals surface area contributed by atoms with Crippen LogP contribution in [0.15, 0.2) is 51.0 Å². The Morgan fingerprint density at radius 1 is 1.14 bits per heavy atom. The van der Waals surface area contributed by atoms with Crippen molar-refractivity contribution in [3.8, 4) is 5.75 Å². The zero-order chi connectivity index (χ0) is 20.3. The molecule has 0 N–H and O–H groups in total. The third-order valence-corrected chi connectivity index (χ3v) is 4.40. The van der Waals surface area contributed by atoms with Gasteiger partial charge in [0.15, 0.2) is 5.16 Å². The van der Waals surface area contributed by atoms with Crippen LogP contribution in [0.2, 0.25) is 0 Å². The number of hydrogen-bond acceptors (Lipinski definition) is 7. The van der Waals surface area contributed by atoms with E-state index in [1.807, 2.05) is 19.9 Å². The molecule has 0 bridgehead atoms. The maximum Gasteiger partial charge on any atom is 0.349 e. The van der Waals surface area contributed by atoms with Crippen molar-refractivity contribution in [2.75, 3.05) is 0 Å². The highest BCUT2D eigenvalue weighted by atomic mass is 32.2. The molecule has 0 unspecified atom stereocenters. The molecule has 3 aromatic rings. The van der Waals surface area contributed by atoms with E-state index in [-0.39, 0.29) is 5.75 Å². The molecule has 1 aromatic carbocycles. The van der Waals surface area contributed by atoms with Crippen LogP contribution >= 0.6 is 11.8 Å². The van der Waals surface area contributed by atoms with Crippen LogP contribution in [-0.2, 0) is 5.75 Å². The van der Waals surface area contributed by atoms with Gasteiger partial charge in [0.2, 0.25) is 11.2 Å². The third kappa shape index (κ3) is 4.61. The molecule has 0 aliphatic heterocycles. The molecule has 2 aromatic heterocycles. The summed E-state index contributed by atoms with van der Waals surface area (Å²) in [6, 6.07) is 5.92. The van der Waals surface area contributed by atoms with Gasteiger partial charge in [-0.05, 0) is 32.0 Å². The predicted octanol–water partition coefficient (Wildman–Crippen LogP) is 3.84. The number of aryl methyl sites for hydroxylation is 2. The monoisotopic (exact) mass is 404 g/mol. The van der Waals surface area contributed by atoms with E-state index in [9.17, 15) is 18.4 Å². The van der Waals surface area contributed by atoms with Crippen LogP contribution in [0, 0.1) is 25.5 Å². The van der Waals surface area contributed by atoms with Gasteiger partial charge in [0.05, 0.1) is 5.75 Å². The average Bonchev–Trinajstić information content (AvgIpc) is 2.61. The summed E-state index contributed by atoms with van der Waals surface area (Å²) in [5, 5.41) is 0.533. The van der Waals surface area contributed by atoms with Crippen LogP contribution in [0.4, 0.5) is 8.78 Å². The summed E-state index contributed by atoms with van der Waals surface area (Å²) in [6.45, 7) is 3.70. The van der Waals surface area contributed by atoms with Crippen LogP contribution < -0.4 is 10.2 Å². The molecule has 6 nitrogen and oxygen atoms in total. The highest BCUT2D eigenvalue weighted by Gasteiger charge is 2.20. The summed E-state index contributed by atoms with van der Waals surface area (Å²) in [4.78, 5) is 32.6. The van der Waals surface area contributed by atoms with Crippen molar-refractivity contribution in [1.82, 2.24) is 9.97 Å². The first-order valence-electron chi connectivity index (χ1n) is 8.06. The van der Waals surface area contributed by atoms with Crippen molar-refractivity contribution in [1.29, 1.82) is 0 Å². The van der Waals surface area contributed by atoms with Gasteiger partial charge in [0.25, 0.3) is 0 Å². The molecule has 0 saturated heterocycles. The molecule has 0 fully saturated rings. The van der Waals surface area contributed by atoms with E-state index in [4.69, 9.17) is 9.15 Å². The number of hydrogen-bond donors (Lipinski definition) is 0. The van der Waals surface area contributed by atoms with Gasteiger partial charge in [-0.25, -0.2) is 23.5 Å². The van der Waals surface area contributed by atoms with E-state index in [2.05, 4.69) is 9.97 Å². The summed E-state index contributed by atoms with van der Waals surface area (Å²) in [7, 11) is 0. The topological polar surface area (TPSA) is 82.3 Å². The minimum Gasteiger partial charge on any atom is -0.464 e. The molecule has 0 saturated carbocycles. The third-order valence-electron chi connectivity index (χ3n) is 3.53. The lowest BCUT2D eigenvalue weighted by Gasteiger charge is -2.06. The first-order valence-corrected chi connectivity index (χ1v) is 9.05. The maximum atomic E-state index is 13.6. The smallest absolute Gasteiger partial charge is 0.349 e. The van der Waals surface area contributed by atoms with Gasteiger partial charge >= 0.3 is 5.97 Å². The molecule has 144 valence electrons. The van der Waals surface area contributed by atoms with Gasteiger partial charge < -0.3 is 9.15 Å². The summed E-state index contributed by atoms with van der Waals surface area (Å²) in [5.74, 6) is -3.40. The fourth-order valence-electron chi connectivity index (χ4n) is 2.33. The Balaban J connectivity index is 1.72. The number of halogens is 2. The van der Waals surface area contributed by atoms with Crippen molar-refractivity contribution >= 4 is 17.7 Å². The highest BCUT2D eigenvalue weighted by molar-refractivity contribution is 7.98. The molecule has 0 radical (unpaired) electrons. The summed E-state index contributed by atoms with van der Waals surface area (Å²) in [6.07, 6.45) is 0.928. The van der Waals surface area contributed by atoms with E-state index in [0.29, 0.717) is 10.9 Å². The van der Waals surface area contributed by atoms with Crippen molar-refractivity contribution in [2.24, 2.45) is 0 Å². The van der Waals surface area contributed by atoms with Gasteiger partial charge in [0.1, 0.15) is 29.2 Å². The van der Waals surface area contributed by atoms with Crippen LogP contribution in [-0.4, -0.2) is 15.9 Å². The first kappa shape index (κ1) is 19.7. The maximum absolute atomic E-state index is 13.6. The van der Waals surface area contributed by atoms with Gasteiger partial charge in [0, 0.05) is 17.5 Å². The van der Waals surface area contributed by atoms with Gasteiger partial charge in [-0.15, -0.1) is 0 Å². The number of esters is 1. The van der Waals surface area contributed by atoms with Crippen molar-refractivity contribution in [3.63, 3.8) is 0 Å². The molecule has 9 heteroatoms. The van der Waals surface area contributed by atoms with Crippen molar-refractivity contribution in [2.45, 2.75) is 24.8 Å². The fourth-order valence-corrected chi connectivity index (χ4v) is 3.17. The van der Waals surface area contributed by atoms with Gasteiger partial charge in [-0.2, -0.15) is 0 Å². The number of carbonyl (C=O) groups is 1. The minimum atomic E-state index is -1.33. The number of nitrogens with zero attached hydrogens (tertiary/aromatic N) is 2. The summed E-state index contributed by atoms with van der Waals surface area (Å²) < 4.78 is 37.3. The lowest BCUT2D eigenvalue weighted by atomic mass is 10.2. The van der Waals surface area contributed by atoms with E-state index in [0.717, 1.165) is 41.9 Å². The largest absolute Gasteiger partial charge is 0.464 e. The van der Waals surface area contributed by atoms with E-state index in [1.165, 1.54) is 11.8 Å². The summed E-state index contributed by atoms with van der Waals surface area (Å²) in [5.41, 5.74) is 0.0972. The molecule has 28 heavy (non-hydrogen) atoms. The van der Waals surface area contributed by atoms with E-state index in [1.54, 1.807) is 0 Å². The number of benzene rings is 1. The van der Waals surface area contributed by atoms with Crippen molar-refractivity contribution < 1.29 is 22.7 Å². The zero-order valence-electron chi connectivity index (χ0n) is 14.9. The molecule has 0 aliphatic rings. The van der Waals surface area contributed by atoms with Gasteiger partial charge in [-0.3, -0.25) is 4.79 Å². The Labute approximate surface area is 162 Å². The van der Waals surface area contributed by atoms with Crippen LogP contribution in [0.3, 0.4) is 0 Å².